The van der Waals surface area contributed by atoms with Crippen molar-refractivity contribution in [2.24, 2.45) is 0 Å². The first-order valence-corrected chi connectivity index (χ1v) is 12.3. The molecule has 40 heavy (non-hydrogen) atoms. The van der Waals surface area contributed by atoms with Gasteiger partial charge < -0.3 is 50.0 Å². The molecule has 3 atom stereocenters. The molecule has 7 N–H and O–H groups in total. The highest BCUT2D eigenvalue weighted by Crippen LogP contribution is 2.66. The molecule has 0 bridgehead atoms. The van der Waals surface area contributed by atoms with Crippen molar-refractivity contribution < 1.29 is 50.0 Å². The monoisotopic (exact) mass is 542 g/mol. The summed E-state index contributed by atoms with van der Waals surface area (Å²) in [7, 11) is 0. The number of benzene rings is 4. The van der Waals surface area contributed by atoms with Crippen LogP contribution in [0.2, 0.25) is 0 Å². The molecule has 202 valence electrons. The standard InChI is InChI=1S/C30H22O10/c31-15-4-1-13(2-5-15)27-22(37)10-17-19(34)11-23-26(28(17)40-27)30(12-38-23)25-21(36)8-16(32)9-24(25)39-29(30)14-3-6-18(33)20(35)7-14/h1-11,27,29,31-37H,12H2/t27-,29-,30-/m1/s1. The Labute approximate surface area is 226 Å². The first kappa shape index (κ1) is 23.7. The third-order valence-corrected chi connectivity index (χ3v) is 7.66. The van der Waals surface area contributed by atoms with Crippen LogP contribution < -0.4 is 14.2 Å². The number of fused-ring (bicyclic) bond motifs is 6. The summed E-state index contributed by atoms with van der Waals surface area (Å²) in [5.74, 6) is -1.01. The Morgan fingerprint density at radius 2 is 1.38 bits per heavy atom. The second-order valence-electron chi connectivity index (χ2n) is 10.0. The third kappa shape index (κ3) is 3.16. The van der Waals surface area contributed by atoms with Gasteiger partial charge in [-0.25, -0.2) is 0 Å². The zero-order chi connectivity index (χ0) is 27.9. The minimum Gasteiger partial charge on any atom is -0.508 e. The van der Waals surface area contributed by atoms with Crippen LogP contribution >= 0.6 is 0 Å². The van der Waals surface area contributed by atoms with Gasteiger partial charge in [-0.15, -0.1) is 0 Å². The fraction of sp³-hybridized carbons (Fsp3) is 0.133. The second-order valence-corrected chi connectivity index (χ2v) is 10.0. The number of ether oxygens (including phenoxy) is 3. The van der Waals surface area contributed by atoms with Crippen molar-refractivity contribution in [1.29, 1.82) is 0 Å². The van der Waals surface area contributed by atoms with Crippen LogP contribution in [0.25, 0.3) is 6.08 Å². The van der Waals surface area contributed by atoms with Crippen molar-refractivity contribution in [3.63, 3.8) is 0 Å². The summed E-state index contributed by atoms with van der Waals surface area (Å²) in [6.07, 6.45) is -0.567. The molecule has 0 aromatic heterocycles. The molecule has 3 aliphatic heterocycles. The molecule has 0 fully saturated rings. The van der Waals surface area contributed by atoms with E-state index in [0.717, 1.165) is 0 Å². The fourth-order valence-corrected chi connectivity index (χ4v) is 5.94. The predicted octanol–water partition coefficient (Wildman–Crippen LogP) is 4.77. The maximum Gasteiger partial charge on any atom is 0.180 e. The van der Waals surface area contributed by atoms with Gasteiger partial charge in [0.2, 0.25) is 0 Å². The molecule has 10 nitrogen and oxygen atoms in total. The van der Waals surface area contributed by atoms with Gasteiger partial charge >= 0.3 is 0 Å². The highest BCUT2D eigenvalue weighted by molar-refractivity contribution is 5.78. The maximum atomic E-state index is 11.1. The summed E-state index contributed by atoms with van der Waals surface area (Å²) in [5, 5.41) is 73.1. The largest absolute Gasteiger partial charge is 0.508 e. The first-order chi connectivity index (χ1) is 19.2. The molecule has 4 aromatic rings. The Morgan fingerprint density at radius 3 is 2.12 bits per heavy atom. The van der Waals surface area contributed by atoms with Gasteiger partial charge in [0.15, 0.2) is 17.6 Å². The van der Waals surface area contributed by atoms with Gasteiger partial charge in [-0.05, 0) is 35.9 Å². The summed E-state index contributed by atoms with van der Waals surface area (Å²) in [6, 6.07) is 14.2. The number of hydrogen-bond donors (Lipinski definition) is 7. The van der Waals surface area contributed by atoms with Crippen molar-refractivity contribution in [2.45, 2.75) is 17.6 Å². The molecule has 0 aliphatic carbocycles. The molecular formula is C30H22O10. The van der Waals surface area contributed by atoms with Gasteiger partial charge in [0.25, 0.3) is 0 Å². The highest BCUT2D eigenvalue weighted by Gasteiger charge is 2.60. The van der Waals surface area contributed by atoms with Crippen LogP contribution in [0.15, 0.2) is 66.4 Å². The average Bonchev–Trinajstić information content (AvgIpc) is 3.44. The zero-order valence-corrected chi connectivity index (χ0v) is 20.6. The van der Waals surface area contributed by atoms with Gasteiger partial charge in [-0.2, -0.15) is 0 Å². The molecule has 0 saturated carbocycles. The van der Waals surface area contributed by atoms with Crippen molar-refractivity contribution >= 4 is 6.08 Å². The lowest BCUT2D eigenvalue weighted by molar-refractivity contribution is 0.138. The van der Waals surface area contributed by atoms with Crippen LogP contribution in [0.5, 0.6) is 51.7 Å². The Morgan fingerprint density at radius 1 is 0.625 bits per heavy atom. The Kier molecular flexibility index (Phi) is 4.78. The molecule has 10 heteroatoms. The topological polar surface area (TPSA) is 169 Å². The van der Waals surface area contributed by atoms with Crippen LogP contribution in [-0.2, 0) is 5.41 Å². The van der Waals surface area contributed by atoms with E-state index in [2.05, 4.69) is 0 Å². The van der Waals surface area contributed by atoms with E-state index in [1.165, 1.54) is 48.5 Å². The van der Waals surface area contributed by atoms with Crippen LogP contribution in [0.4, 0.5) is 0 Å². The van der Waals surface area contributed by atoms with Gasteiger partial charge in [-0.1, -0.05) is 18.2 Å². The average molecular weight is 542 g/mol. The second kappa shape index (κ2) is 8.06. The van der Waals surface area contributed by atoms with Gasteiger partial charge in [-0.3, -0.25) is 0 Å². The molecule has 0 radical (unpaired) electrons. The van der Waals surface area contributed by atoms with E-state index in [9.17, 15) is 35.7 Å². The minimum atomic E-state index is -1.32. The summed E-state index contributed by atoms with van der Waals surface area (Å²) in [5.41, 5.74) is 0.508. The van der Waals surface area contributed by atoms with Crippen molar-refractivity contribution in [3.05, 3.63) is 94.2 Å². The molecule has 7 rings (SSSR count). The Hall–Kier alpha value is -5.38. The molecule has 0 amide bonds. The highest BCUT2D eigenvalue weighted by atomic mass is 16.5. The molecular weight excluding hydrogens is 520 g/mol. The molecule has 3 aliphatic rings. The summed E-state index contributed by atoms with van der Waals surface area (Å²) in [6.45, 7) is -0.0845. The number of rotatable bonds is 2. The molecule has 0 unspecified atom stereocenters. The maximum absolute atomic E-state index is 11.1. The SMILES string of the molecule is OC1=Cc2c(O)cc3c(c2O[C@@H]1c1ccc(O)cc1)[C@@]1(CO3)c2c(O)cc(O)cc2O[C@@H]1c1ccc(O)c(O)c1. The smallest absolute Gasteiger partial charge is 0.180 e. The van der Waals surface area contributed by atoms with Crippen molar-refractivity contribution in [1.82, 2.24) is 0 Å². The molecule has 4 aromatic carbocycles. The Balaban J connectivity index is 1.50. The van der Waals surface area contributed by atoms with E-state index in [-0.39, 0.29) is 75.2 Å². The van der Waals surface area contributed by atoms with Crippen molar-refractivity contribution in [2.75, 3.05) is 6.61 Å². The van der Waals surface area contributed by atoms with E-state index in [0.29, 0.717) is 16.7 Å². The quantitative estimate of drug-likeness (QED) is 0.175. The third-order valence-electron chi connectivity index (χ3n) is 7.66. The summed E-state index contributed by atoms with van der Waals surface area (Å²) >= 11 is 0. The minimum absolute atomic E-state index is 0.0350. The van der Waals surface area contributed by atoms with Gasteiger partial charge in [0.1, 0.15) is 64.1 Å². The van der Waals surface area contributed by atoms with Crippen LogP contribution in [0.1, 0.15) is 40.0 Å². The predicted molar refractivity (Wildman–Crippen MR) is 139 cm³/mol. The lowest BCUT2D eigenvalue weighted by Crippen LogP contribution is -2.35. The summed E-state index contributed by atoms with van der Waals surface area (Å²) in [4.78, 5) is 0. The van der Waals surface area contributed by atoms with Crippen LogP contribution in [0, 0.1) is 0 Å². The lowest BCUT2D eigenvalue weighted by atomic mass is 9.69. The van der Waals surface area contributed by atoms with Crippen LogP contribution in [0.3, 0.4) is 0 Å². The first-order valence-electron chi connectivity index (χ1n) is 12.3. The number of aromatic hydroxyl groups is 6. The van der Waals surface area contributed by atoms with Crippen molar-refractivity contribution in [3.8, 4) is 51.7 Å². The number of aliphatic hydroxyl groups is 1. The van der Waals surface area contributed by atoms with E-state index in [4.69, 9.17) is 14.2 Å². The normalized spacial score (nSPS) is 21.9. The Bertz CT molecular complexity index is 1740. The fourth-order valence-electron chi connectivity index (χ4n) is 5.94. The van der Waals surface area contributed by atoms with Crippen LogP contribution in [-0.4, -0.2) is 42.4 Å². The van der Waals surface area contributed by atoms with E-state index in [1.807, 2.05) is 0 Å². The molecule has 0 saturated heterocycles. The summed E-state index contributed by atoms with van der Waals surface area (Å²) < 4.78 is 18.8. The number of aliphatic hydroxyl groups excluding tert-OH is 1. The molecule has 1 spiro atoms. The van der Waals surface area contributed by atoms with E-state index in [1.54, 1.807) is 18.2 Å². The van der Waals surface area contributed by atoms with Gasteiger partial charge in [0.05, 0.1) is 16.7 Å². The number of phenols is 6. The number of hydrogen-bond acceptors (Lipinski definition) is 10. The van der Waals surface area contributed by atoms with E-state index < -0.39 is 17.6 Å². The lowest BCUT2D eigenvalue weighted by Gasteiger charge is -2.33. The van der Waals surface area contributed by atoms with E-state index >= 15 is 0 Å². The molecule has 3 heterocycles. The van der Waals surface area contributed by atoms with Gasteiger partial charge in [0, 0.05) is 23.8 Å². The number of phenolic OH excluding ortho intramolecular Hbond substituents is 6. The zero-order valence-electron chi connectivity index (χ0n) is 20.6.